The summed E-state index contributed by atoms with van der Waals surface area (Å²) in [6.45, 7) is 4.56. The molecule has 0 unspecified atom stereocenters. The molecule has 0 spiro atoms. The van der Waals surface area contributed by atoms with Crippen LogP contribution in [0, 0.1) is 24.1 Å². The fourth-order valence-electron chi connectivity index (χ4n) is 3.01. The summed E-state index contributed by atoms with van der Waals surface area (Å²) in [7, 11) is 0. The van der Waals surface area contributed by atoms with Gasteiger partial charge in [-0.15, -0.1) is 0 Å². The molecule has 1 aliphatic heterocycles. The van der Waals surface area contributed by atoms with Crippen LogP contribution in [-0.4, -0.2) is 37.0 Å². The van der Waals surface area contributed by atoms with Gasteiger partial charge < -0.3 is 15.1 Å². The summed E-state index contributed by atoms with van der Waals surface area (Å²) in [5.74, 6) is -0.723. The second-order valence-corrected chi connectivity index (χ2v) is 6.93. The molecule has 7 heteroatoms. The molecule has 0 aliphatic carbocycles. The first-order valence-electron chi connectivity index (χ1n) is 8.91. The molecule has 1 N–H and O–H groups in total. The SMILES string of the molecule is Cc1c(Cl)cccc1NC(=O)/C(C#N)=C\N1CCN(c2ccc(F)cc2)CC1. The quantitative estimate of drug-likeness (QED) is 0.625. The fourth-order valence-corrected chi connectivity index (χ4v) is 3.19. The number of nitrogens with one attached hydrogen (secondary N) is 1. The van der Waals surface area contributed by atoms with Gasteiger partial charge in [0.1, 0.15) is 17.5 Å². The lowest BCUT2D eigenvalue weighted by Gasteiger charge is -2.35. The average Bonchev–Trinajstić information content (AvgIpc) is 2.70. The number of nitrogens with zero attached hydrogens (tertiary/aromatic N) is 3. The molecule has 0 aromatic heterocycles. The van der Waals surface area contributed by atoms with E-state index in [9.17, 15) is 14.4 Å². The van der Waals surface area contributed by atoms with E-state index >= 15 is 0 Å². The maximum absolute atomic E-state index is 13.1. The van der Waals surface area contributed by atoms with Crippen LogP contribution in [0.1, 0.15) is 5.56 Å². The molecular formula is C21H20ClFN4O. The van der Waals surface area contributed by atoms with Crippen LogP contribution >= 0.6 is 11.6 Å². The van der Waals surface area contributed by atoms with Crippen molar-refractivity contribution in [1.29, 1.82) is 5.26 Å². The second-order valence-electron chi connectivity index (χ2n) is 6.52. The summed E-state index contributed by atoms with van der Waals surface area (Å²) in [5, 5.41) is 12.7. The molecule has 5 nitrogen and oxygen atoms in total. The highest BCUT2D eigenvalue weighted by atomic mass is 35.5. The number of nitriles is 1. The van der Waals surface area contributed by atoms with E-state index in [2.05, 4.69) is 10.2 Å². The van der Waals surface area contributed by atoms with Gasteiger partial charge in [-0.1, -0.05) is 17.7 Å². The van der Waals surface area contributed by atoms with Crippen molar-refractivity contribution in [3.63, 3.8) is 0 Å². The third-order valence-electron chi connectivity index (χ3n) is 4.70. The summed E-state index contributed by atoms with van der Waals surface area (Å²) >= 11 is 6.07. The Kier molecular flexibility index (Phi) is 6.17. The largest absolute Gasteiger partial charge is 0.373 e. The van der Waals surface area contributed by atoms with Crippen molar-refractivity contribution in [2.45, 2.75) is 6.92 Å². The van der Waals surface area contributed by atoms with Crippen molar-refractivity contribution in [3.8, 4) is 6.07 Å². The Morgan fingerprint density at radius 3 is 2.50 bits per heavy atom. The molecule has 1 aliphatic rings. The minimum atomic E-state index is -0.464. The van der Waals surface area contributed by atoms with Crippen LogP contribution < -0.4 is 10.2 Å². The molecule has 144 valence electrons. The first-order valence-corrected chi connectivity index (χ1v) is 9.28. The predicted octanol–water partition coefficient (Wildman–Crippen LogP) is 3.96. The van der Waals surface area contributed by atoms with Crippen LogP contribution in [0.4, 0.5) is 15.8 Å². The molecule has 0 atom stereocenters. The summed E-state index contributed by atoms with van der Waals surface area (Å²) < 4.78 is 13.1. The third-order valence-corrected chi connectivity index (χ3v) is 5.11. The standard InChI is InChI=1S/C21H20ClFN4O/c1-15-19(22)3-2-4-20(15)25-21(28)16(13-24)14-26-9-11-27(12-10-26)18-7-5-17(23)6-8-18/h2-8,14H,9-12H2,1H3,(H,25,28)/b16-14-. The van der Waals surface area contributed by atoms with Crippen LogP contribution in [0.5, 0.6) is 0 Å². The first-order chi connectivity index (χ1) is 13.5. The van der Waals surface area contributed by atoms with Crippen molar-refractivity contribution in [2.75, 3.05) is 36.4 Å². The summed E-state index contributed by atoms with van der Waals surface area (Å²) in [6, 6.07) is 13.6. The van der Waals surface area contributed by atoms with Gasteiger partial charge in [-0.05, 0) is 48.9 Å². The van der Waals surface area contributed by atoms with Crippen LogP contribution in [-0.2, 0) is 4.79 Å². The molecule has 0 saturated carbocycles. The second kappa shape index (κ2) is 8.77. The molecular weight excluding hydrogens is 379 g/mol. The Balaban J connectivity index is 1.63. The number of carbonyl (C=O) groups is 1. The normalized spacial score (nSPS) is 14.6. The van der Waals surface area contributed by atoms with Gasteiger partial charge in [-0.25, -0.2) is 4.39 Å². The molecule has 1 amide bonds. The topological polar surface area (TPSA) is 59.4 Å². The van der Waals surface area contributed by atoms with Crippen LogP contribution in [0.25, 0.3) is 0 Å². The van der Waals surface area contributed by atoms with E-state index in [0.29, 0.717) is 23.8 Å². The van der Waals surface area contributed by atoms with Crippen molar-refractivity contribution < 1.29 is 9.18 Å². The minimum Gasteiger partial charge on any atom is -0.373 e. The minimum absolute atomic E-state index is 0.0367. The summed E-state index contributed by atoms with van der Waals surface area (Å²) in [5.41, 5.74) is 2.33. The Morgan fingerprint density at radius 1 is 1.18 bits per heavy atom. The van der Waals surface area contributed by atoms with Crippen LogP contribution in [0.3, 0.4) is 0 Å². The summed E-state index contributed by atoms with van der Waals surface area (Å²) in [4.78, 5) is 16.6. The smallest absolute Gasteiger partial charge is 0.267 e. The maximum atomic E-state index is 13.1. The lowest BCUT2D eigenvalue weighted by molar-refractivity contribution is -0.112. The van der Waals surface area contributed by atoms with Gasteiger partial charge in [-0.3, -0.25) is 4.79 Å². The molecule has 3 rings (SSSR count). The van der Waals surface area contributed by atoms with Gasteiger partial charge in [0.05, 0.1) is 0 Å². The van der Waals surface area contributed by atoms with Crippen LogP contribution in [0.2, 0.25) is 5.02 Å². The van der Waals surface area contributed by atoms with Gasteiger partial charge >= 0.3 is 0 Å². The van der Waals surface area contributed by atoms with Crippen molar-refractivity contribution in [1.82, 2.24) is 4.90 Å². The number of amides is 1. The summed E-state index contributed by atoms with van der Waals surface area (Å²) in [6.07, 6.45) is 1.59. The van der Waals surface area contributed by atoms with E-state index in [-0.39, 0.29) is 11.4 Å². The first kappa shape index (κ1) is 19.7. The van der Waals surface area contributed by atoms with E-state index in [0.717, 1.165) is 24.3 Å². The van der Waals surface area contributed by atoms with E-state index < -0.39 is 5.91 Å². The van der Waals surface area contributed by atoms with Gasteiger partial charge in [0.15, 0.2) is 0 Å². The zero-order valence-corrected chi connectivity index (χ0v) is 16.2. The highest BCUT2D eigenvalue weighted by Crippen LogP contribution is 2.23. The number of hydrogen-bond donors (Lipinski definition) is 1. The Morgan fingerprint density at radius 2 is 1.86 bits per heavy atom. The third kappa shape index (κ3) is 4.62. The number of carbonyl (C=O) groups excluding carboxylic acids is 1. The molecule has 0 radical (unpaired) electrons. The molecule has 28 heavy (non-hydrogen) atoms. The van der Waals surface area contributed by atoms with Gasteiger partial charge in [-0.2, -0.15) is 5.26 Å². The highest BCUT2D eigenvalue weighted by molar-refractivity contribution is 6.31. The predicted molar refractivity (Wildman–Crippen MR) is 109 cm³/mol. The van der Waals surface area contributed by atoms with E-state index in [1.807, 2.05) is 17.9 Å². The molecule has 2 aromatic carbocycles. The Hall–Kier alpha value is -3.04. The monoisotopic (exact) mass is 398 g/mol. The lowest BCUT2D eigenvalue weighted by Crippen LogP contribution is -2.44. The van der Waals surface area contributed by atoms with Crippen molar-refractivity contribution in [3.05, 3.63) is 70.6 Å². The zero-order valence-electron chi connectivity index (χ0n) is 15.5. The van der Waals surface area contributed by atoms with E-state index in [4.69, 9.17) is 11.6 Å². The van der Waals surface area contributed by atoms with Crippen molar-refractivity contribution in [2.24, 2.45) is 0 Å². The Labute approximate surface area is 168 Å². The maximum Gasteiger partial charge on any atom is 0.267 e. The van der Waals surface area contributed by atoms with Crippen LogP contribution in [0.15, 0.2) is 54.2 Å². The Bertz CT molecular complexity index is 928. The van der Waals surface area contributed by atoms with E-state index in [1.54, 1.807) is 36.5 Å². The molecule has 1 saturated heterocycles. The molecule has 1 fully saturated rings. The number of hydrogen-bond acceptors (Lipinski definition) is 4. The van der Waals surface area contributed by atoms with Gasteiger partial charge in [0.2, 0.25) is 0 Å². The van der Waals surface area contributed by atoms with Gasteiger partial charge in [0, 0.05) is 48.8 Å². The lowest BCUT2D eigenvalue weighted by atomic mass is 10.2. The van der Waals surface area contributed by atoms with Crippen molar-refractivity contribution >= 4 is 28.9 Å². The number of halogens is 2. The van der Waals surface area contributed by atoms with Gasteiger partial charge in [0.25, 0.3) is 5.91 Å². The van der Waals surface area contributed by atoms with E-state index in [1.165, 1.54) is 12.1 Å². The number of anilines is 2. The average molecular weight is 399 g/mol. The molecule has 0 bridgehead atoms. The highest BCUT2D eigenvalue weighted by Gasteiger charge is 2.18. The number of rotatable bonds is 4. The molecule has 1 heterocycles. The number of piperazine rings is 1. The zero-order chi connectivity index (χ0) is 20.1. The number of benzene rings is 2. The fraction of sp³-hybridized carbons (Fsp3) is 0.238. The molecule has 2 aromatic rings.